The van der Waals surface area contributed by atoms with Gasteiger partial charge in [0.25, 0.3) is 5.91 Å². The normalized spacial score (nSPS) is 12.4. The van der Waals surface area contributed by atoms with Crippen LogP contribution in [0.25, 0.3) is 0 Å². The number of rotatable bonds is 6. The smallest absolute Gasteiger partial charge is 0.256 e. The lowest BCUT2D eigenvalue weighted by atomic mass is 10.1. The molecule has 2 aromatic rings. The second kappa shape index (κ2) is 7.22. The molecule has 0 unspecified atom stereocenters. The molecule has 0 aliphatic heterocycles. The highest BCUT2D eigenvalue weighted by molar-refractivity contribution is 5.93. The summed E-state index contributed by atoms with van der Waals surface area (Å²) in [4.78, 5) is 13.9. The van der Waals surface area contributed by atoms with Crippen molar-refractivity contribution in [1.82, 2.24) is 14.7 Å². The van der Waals surface area contributed by atoms with E-state index in [0.29, 0.717) is 18.5 Å². The lowest BCUT2D eigenvalue weighted by Crippen LogP contribution is -2.28. The molecule has 0 aliphatic rings. The fourth-order valence-electron chi connectivity index (χ4n) is 2.21. The molecule has 0 aliphatic carbocycles. The maximum atomic E-state index is 12.3. The molecule has 22 heavy (non-hydrogen) atoms. The minimum Gasteiger partial charge on any atom is -0.388 e. The van der Waals surface area contributed by atoms with Crippen LogP contribution in [0.3, 0.4) is 0 Å². The zero-order valence-electron chi connectivity index (χ0n) is 13.3. The number of carbonyl (C=O) groups excluding carboxylic acids is 1. The molecular formula is C17H23N3O2. The first-order valence-corrected chi connectivity index (χ1v) is 7.51. The standard InChI is InChI=1S/C17H23N3O2/c1-13(2)20-12-15(11-18-20)17(22)19(3)10-9-16(21)14-7-5-4-6-8-14/h4-8,11-13,16,21H,9-10H2,1-3H3/t16-/m1/s1. The van der Waals surface area contributed by atoms with E-state index in [1.165, 1.54) is 0 Å². The highest BCUT2D eigenvalue weighted by Crippen LogP contribution is 2.16. The highest BCUT2D eigenvalue weighted by atomic mass is 16.3. The summed E-state index contributed by atoms with van der Waals surface area (Å²) in [6, 6.07) is 9.71. The van der Waals surface area contributed by atoms with E-state index >= 15 is 0 Å². The van der Waals surface area contributed by atoms with Gasteiger partial charge in [0.2, 0.25) is 0 Å². The Hall–Kier alpha value is -2.14. The van der Waals surface area contributed by atoms with Crippen LogP contribution in [0.15, 0.2) is 42.7 Å². The van der Waals surface area contributed by atoms with Gasteiger partial charge in [-0.1, -0.05) is 30.3 Å². The van der Waals surface area contributed by atoms with Crippen LogP contribution in [-0.2, 0) is 0 Å². The number of nitrogens with zero attached hydrogens (tertiary/aromatic N) is 3. The molecule has 0 fully saturated rings. The minimum absolute atomic E-state index is 0.0767. The summed E-state index contributed by atoms with van der Waals surface area (Å²) in [7, 11) is 1.74. The molecule has 1 aromatic carbocycles. The predicted octanol–water partition coefficient (Wildman–Crippen LogP) is 2.66. The highest BCUT2D eigenvalue weighted by Gasteiger charge is 2.16. The summed E-state index contributed by atoms with van der Waals surface area (Å²) < 4.78 is 1.76. The van der Waals surface area contributed by atoms with Crippen molar-refractivity contribution in [2.75, 3.05) is 13.6 Å². The SMILES string of the molecule is CC(C)n1cc(C(=O)N(C)CC[C@@H](O)c2ccccc2)cn1. The Balaban J connectivity index is 1.91. The Morgan fingerprint density at radius 1 is 1.32 bits per heavy atom. The van der Waals surface area contributed by atoms with Gasteiger partial charge in [-0.15, -0.1) is 0 Å². The number of aliphatic hydroxyl groups is 1. The van der Waals surface area contributed by atoms with Crippen molar-refractivity contribution < 1.29 is 9.90 Å². The molecule has 0 spiro atoms. The summed E-state index contributed by atoms with van der Waals surface area (Å²) in [5.74, 6) is -0.0767. The average molecular weight is 301 g/mol. The zero-order chi connectivity index (χ0) is 16.1. The summed E-state index contributed by atoms with van der Waals surface area (Å²) in [5.41, 5.74) is 1.45. The Labute approximate surface area is 131 Å². The number of aliphatic hydroxyl groups excluding tert-OH is 1. The van der Waals surface area contributed by atoms with Gasteiger partial charge in [-0.25, -0.2) is 0 Å². The van der Waals surface area contributed by atoms with Crippen LogP contribution < -0.4 is 0 Å². The first-order valence-electron chi connectivity index (χ1n) is 7.51. The molecule has 0 saturated heterocycles. The van der Waals surface area contributed by atoms with Gasteiger partial charge < -0.3 is 10.0 Å². The van der Waals surface area contributed by atoms with Gasteiger partial charge in [0, 0.05) is 25.8 Å². The van der Waals surface area contributed by atoms with Gasteiger partial charge in [0.05, 0.1) is 17.9 Å². The quantitative estimate of drug-likeness (QED) is 0.892. The molecule has 5 heteroatoms. The van der Waals surface area contributed by atoms with E-state index in [1.807, 2.05) is 44.2 Å². The monoisotopic (exact) mass is 301 g/mol. The summed E-state index contributed by atoms with van der Waals surface area (Å²) in [6.07, 6.45) is 3.29. The molecular weight excluding hydrogens is 278 g/mol. The van der Waals surface area contributed by atoms with Crippen LogP contribution in [0.2, 0.25) is 0 Å². The number of carbonyl (C=O) groups is 1. The number of aromatic nitrogens is 2. The molecule has 0 bridgehead atoms. The van der Waals surface area contributed by atoms with E-state index in [2.05, 4.69) is 5.10 Å². The van der Waals surface area contributed by atoms with Gasteiger partial charge in [-0.2, -0.15) is 5.10 Å². The van der Waals surface area contributed by atoms with Crippen LogP contribution in [0, 0.1) is 0 Å². The third-order valence-electron chi connectivity index (χ3n) is 3.65. The molecule has 0 radical (unpaired) electrons. The molecule has 5 nitrogen and oxygen atoms in total. The van der Waals surface area contributed by atoms with Crippen molar-refractivity contribution in [2.45, 2.75) is 32.4 Å². The van der Waals surface area contributed by atoms with E-state index in [0.717, 1.165) is 5.56 Å². The minimum atomic E-state index is -0.560. The molecule has 1 aromatic heterocycles. The van der Waals surface area contributed by atoms with Crippen molar-refractivity contribution in [1.29, 1.82) is 0 Å². The van der Waals surface area contributed by atoms with Crippen LogP contribution in [0.1, 0.15) is 48.3 Å². The zero-order valence-corrected chi connectivity index (χ0v) is 13.3. The van der Waals surface area contributed by atoms with Crippen LogP contribution in [0.4, 0.5) is 0 Å². The Kier molecular flexibility index (Phi) is 5.33. The Morgan fingerprint density at radius 3 is 2.59 bits per heavy atom. The third kappa shape index (κ3) is 3.95. The van der Waals surface area contributed by atoms with Crippen LogP contribution in [0.5, 0.6) is 0 Å². The fourth-order valence-corrected chi connectivity index (χ4v) is 2.21. The summed E-state index contributed by atoms with van der Waals surface area (Å²) in [6.45, 7) is 4.52. The number of hydrogen-bond donors (Lipinski definition) is 1. The van der Waals surface area contributed by atoms with E-state index in [4.69, 9.17) is 0 Å². The molecule has 0 saturated carbocycles. The second-order valence-corrected chi connectivity index (χ2v) is 5.74. The Morgan fingerprint density at radius 2 is 2.00 bits per heavy atom. The van der Waals surface area contributed by atoms with Gasteiger partial charge in [-0.05, 0) is 25.8 Å². The van der Waals surface area contributed by atoms with Crippen molar-refractivity contribution >= 4 is 5.91 Å². The first-order chi connectivity index (χ1) is 10.5. The maximum Gasteiger partial charge on any atom is 0.256 e. The maximum absolute atomic E-state index is 12.3. The van der Waals surface area contributed by atoms with Crippen molar-refractivity contribution in [2.24, 2.45) is 0 Å². The number of hydrogen-bond acceptors (Lipinski definition) is 3. The van der Waals surface area contributed by atoms with Crippen LogP contribution in [-0.4, -0.2) is 39.3 Å². The first kappa shape index (κ1) is 16.2. The van der Waals surface area contributed by atoms with E-state index < -0.39 is 6.10 Å². The van der Waals surface area contributed by atoms with Crippen LogP contribution >= 0.6 is 0 Å². The Bertz CT molecular complexity index is 607. The van der Waals surface area contributed by atoms with Gasteiger partial charge in [-0.3, -0.25) is 9.48 Å². The number of amides is 1. The largest absolute Gasteiger partial charge is 0.388 e. The summed E-state index contributed by atoms with van der Waals surface area (Å²) >= 11 is 0. The summed E-state index contributed by atoms with van der Waals surface area (Å²) in [5, 5.41) is 14.3. The average Bonchev–Trinajstić information content (AvgIpc) is 3.02. The molecule has 118 valence electrons. The lowest BCUT2D eigenvalue weighted by molar-refractivity contribution is 0.0761. The van der Waals surface area contributed by atoms with Gasteiger partial charge >= 0.3 is 0 Å². The molecule has 1 N–H and O–H groups in total. The second-order valence-electron chi connectivity index (χ2n) is 5.74. The fraction of sp³-hybridized carbons (Fsp3) is 0.412. The predicted molar refractivity (Wildman–Crippen MR) is 85.6 cm³/mol. The van der Waals surface area contributed by atoms with Crippen molar-refractivity contribution in [3.05, 3.63) is 53.9 Å². The molecule has 1 amide bonds. The van der Waals surface area contributed by atoms with Crippen molar-refractivity contribution in [3.8, 4) is 0 Å². The molecule has 1 heterocycles. The third-order valence-corrected chi connectivity index (χ3v) is 3.65. The molecule has 1 atom stereocenters. The van der Waals surface area contributed by atoms with E-state index in [9.17, 15) is 9.90 Å². The van der Waals surface area contributed by atoms with Gasteiger partial charge in [0.15, 0.2) is 0 Å². The molecule has 2 rings (SSSR count). The number of benzene rings is 1. The van der Waals surface area contributed by atoms with E-state index in [-0.39, 0.29) is 11.9 Å². The topological polar surface area (TPSA) is 58.4 Å². The lowest BCUT2D eigenvalue weighted by Gasteiger charge is -2.19. The van der Waals surface area contributed by atoms with Crippen molar-refractivity contribution in [3.63, 3.8) is 0 Å². The van der Waals surface area contributed by atoms with E-state index in [1.54, 1.807) is 29.0 Å². The van der Waals surface area contributed by atoms with Gasteiger partial charge in [0.1, 0.15) is 0 Å².